The maximum absolute atomic E-state index is 14.5. The normalized spacial score (nSPS) is 20.9. The Hall–Kier alpha value is -2.08. The largest absolute Gasteiger partial charge is 0.355 e. The van der Waals surface area contributed by atoms with Crippen LogP contribution in [0.15, 0.2) is 41.5 Å². The average molecular weight is 405 g/mol. The zero-order valence-electron chi connectivity index (χ0n) is 15.4. The summed E-state index contributed by atoms with van der Waals surface area (Å²) >= 11 is 0. The van der Waals surface area contributed by atoms with Crippen molar-refractivity contribution in [3.63, 3.8) is 0 Å². The number of hydrazone groups is 1. The van der Waals surface area contributed by atoms with Crippen molar-refractivity contribution >= 4 is 18.2 Å². The van der Waals surface area contributed by atoms with Crippen LogP contribution in [-0.4, -0.2) is 37.9 Å². The molecule has 2 aromatic rings. The third-order valence-electron chi connectivity index (χ3n) is 5.14. The molecule has 2 heterocycles. The smallest absolute Gasteiger partial charge is 0.133 e. The Balaban J connectivity index is 1.67. The molecule has 1 saturated heterocycles. The second-order valence-corrected chi connectivity index (χ2v) is 10.2. The molecular formula is C20H22F2N3O2P. The highest BCUT2D eigenvalue weighted by Crippen LogP contribution is 2.45. The molecular weight excluding hydrogens is 383 g/mol. The van der Waals surface area contributed by atoms with Crippen LogP contribution in [0.4, 0.5) is 8.78 Å². The van der Waals surface area contributed by atoms with Gasteiger partial charge in [0.15, 0.2) is 0 Å². The van der Waals surface area contributed by atoms with Gasteiger partial charge in [-0.05, 0) is 41.5 Å². The van der Waals surface area contributed by atoms with Gasteiger partial charge in [0, 0.05) is 42.7 Å². The zero-order chi connectivity index (χ0) is 19.6. The number of fused-ring (bicyclic) bond motifs is 1. The van der Waals surface area contributed by atoms with Gasteiger partial charge in [-0.15, -0.1) is 0 Å². The first-order chi connectivity index (χ1) is 13.5. The SMILES string of the molecule is O=P1(c2cc(C/C3=N/NCOCc4cc(F)ccc43)ccc2F)CCNCC1. The quantitative estimate of drug-likeness (QED) is 0.771. The predicted molar refractivity (Wildman–Crippen MR) is 106 cm³/mol. The molecule has 0 aromatic heterocycles. The summed E-state index contributed by atoms with van der Waals surface area (Å²) in [6.07, 6.45) is 1.35. The maximum atomic E-state index is 14.5. The molecule has 2 aromatic carbocycles. The first kappa shape index (κ1) is 19.2. The molecule has 0 radical (unpaired) electrons. The van der Waals surface area contributed by atoms with Crippen LogP contribution in [-0.2, 0) is 22.3 Å². The van der Waals surface area contributed by atoms with E-state index in [0.29, 0.717) is 48.4 Å². The highest BCUT2D eigenvalue weighted by Gasteiger charge is 2.30. The molecule has 0 unspecified atom stereocenters. The number of hydrogen-bond donors (Lipinski definition) is 2. The van der Waals surface area contributed by atoms with E-state index >= 15 is 0 Å². The number of nitrogens with zero attached hydrogens (tertiary/aromatic N) is 1. The minimum absolute atomic E-state index is 0.219. The number of ether oxygens (including phenoxy) is 1. The molecule has 0 amide bonds. The molecule has 148 valence electrons. The van der Waals surface area contributed by atoms with Crippen LogP contribution < -0.4 is 16.0 Å². The van der Waals surface area contributed by atoms with Gasteiger partial charge < -0.3 is 14.6 Å². The van der Waals surface area contributed by atoms with Gasteiger partial charge in [-0.2, -0.15) is 5.10 Å². The van der Waals surface area contributed by atoms with Gasteiger partial charge in [0.1, 0.15) is 25.5 Å². The first-order valence-electron chi connectivity index (χ1n) is 9.29. The van der Waals surface area contributed by atoms with Crippen LogP contribution in [0.1, 0.15) is 16.7 Å². The third kappa shape index (κ3) is 4.02. The van der Waals surface area contributed by atoms with Crippen molar-refractivity contribution in [1.82, 2.24) is 10.7 Å². The van der Waals surface area contributed by atoms with Crippen LogP contribution >= 0.6 is 7.14 Å². The fourth-order valence-corrected chi connectivity index (χ4v) is 6.27. The van der Waals surface area contributed by atoms with Gasteiger partial charge in [0.05, 0.1) is 12.3 Å². The van der Waals surface area contributed by atoms with E-state index in [1.807, 2.05) is 0 Å². The van der Waals surface area contributed by atoms with Gasteiger partial charge in [0.25, 0.3) is 0 Å². The molecule has 0 atom stereocenters. The van der Waals surface area contributed by atoms with Crippen molar-refractivity contribution in [3.05, 3.63) is 64.7 Å². The lowest BCUT2D eigenvalue weighted by atomic mass is 9.97. The van der Waals surface area contributed by atoms with E-state index < -0.39 is 13.0 Å². The topological polar surface area (TPSA) is 62.7 Å². The van der Waals surface area contributed by atoms with Gasteiger partial charge in [-0.3, -0.25) is 5.43 Å². The maximum Gasteiger partial charge on any atom is 0.133 e. The number of halogens is 2. The number of hydrogen-bond acceptors (Lipinski definition) is 5. The number of benzene rings is 2. The Morgan fingerprint density at radius 3 is 2.75 bits per heavy atom. The van der Waals surface area contributed by atoms with Gasteiger partial charge in [0.2, 0.25) is 0 Å². The molecule has 4 rings (SSSR count). The summed E-state index contributed by atoms with van der Waals surface area (Å²) in [5.41, 5.74) is 5.88. The van der Waals surface area contributed by atoms with Crippen molar-refractivity contribution in [2.24, 2.45) is 5.10 Å². The van der Waals surface area contributed by atoms with Gasteiger partial charge in [-0.1, -0.05) is 6.07 Å². The second kappa shape index (κ2) is 8.11. The van der Waals surface area contributed by atoms with Crippen molar-refractivity contribution in [1.29, 1.82) is 0 Å². The summed E-state index contributed by atoms with van der Waals surface area (Å²) in [5.74, 6) is -0.745. The fraction of sp³-hybridized carbons (Fsp3) is 0.350. The monoisotopic (exact) mass is 405 g/mol. The summed E-state index contributed by atoms with van der Waals surface area (Å²) < 4.78 is 46.8. The lowest BCUT2D eigenvalue weighted by molar-refractivity contribution is 0.103. The first-order valence-corrected chi connectivity index (χ1v) is 11.4. The summed E-state index contributed by atoms with van der Waals surface area (Å²) in [6, 6.07) is 9.30. The Morgan fingerprint density at radius 2 is 1.93 bits per heavy atom. The van der Waals surface area contributed by atoms with E-state index in [1.54, 1.807) is 18.2 Å². The molecule has 0 aliphatic carbocycles. The summed E-state index contributed by atoms with van der Waals surface area (Å²) in [4.78, 5) is 0. The number of nitrogens with one attached hydrogen (secondary N) is 2. The predicted octanol–water partition coefficient (Wildman–Crippen LogP) is 2.58. The molecule has 5 nitrogen and oxygen atoms in total. The summed E-state index contributed by atoms with van der Waals surface area (Å²) in [6.45, 7) is 1.76. The van der Waals surface area contributed by atoms with E-state index in [4.69, 9.17) is 4.74 Å². The molecule has 2 N–H and O–H groups in total. The van der Waals surface area contributed by atoms with Crippen LogP contribution in [0.5, 0.6) is 0 Å². The molecule has 0 spiro atoms. The molecule has 1 fully saturated rings. The highest BCUT2D eigenvalue weighted by atomic mass is 31.2. The highest BCUT2D eigenvalue weighted by molar-refractivity contribution is 7.71. The van der Waals surface area contributed by atoms with E-state index in [2.05, 4.69) is 15.8 Å². The van der Waals surface area contributed by atoms with Gasteiger partial charge >= 0.3 is 0 Å². The molecule has 2 aliphatic rings. The standard InChI is InChI=1S/C20H22F2N3O2P/c21-16-2-3-17-15(11-16)12-27-13-24-25-19(17)9-14-1-4-18(22)20(10-14)28(26)7-5-23-6-8-28/h1-4,10-11,23-24H,5-9,12-13H2/b25-19-. The second-order valence-electron chi connectivity index (χ2n) is 7.06. The Morgan fingerprint density at radius 1 is 1.11 bits per heavy atom. The molecule has 0 bridgehead atoms. The Kier molecular flexibility index (Phi) is 5.58. The summed E-state index contributed by atoms with van der Waals surface area (Å²) in [7, 11) is -2.73. The molecule has 2 aliphatic heterocycles. The lowest BCUT2D eigenvalue weighted by Crippen LogP contribution is -2.33. The van der Waals surface area contributed by atoms with Crippen LogP contribution in [0.2, 0.25) is 0 Å². The van der Waals surface area contributed by atoms with E-state index in [9.17, 15) is 13.3 Å². The van der Waals surface area contributed by atoms with Crippen molar-refractivity contribution in [2.45, 2.75) is 13.0 Å². The fourth-order valence-electron chi connectivity index (χ4n) is 3.66. The minimum Gasteiger partial charge on any atom is -0.355 e. The van der Waals surface area contributed by atoms with Crippen molar-refractivity contribution < 1.29 is 18.1 Å². The van der Waals surface area contributed by atoms with Crippen molar-refractivity contribution in [3.8, 4) is 0 Å². The van der Waals surface area contributed by atoms with Crippen LogP contribution in [0.25, 0.3) is 0 Å². The minimum atomic E-state index is -2.73. The summed E-state index contributed by atoms with van der Waals surface area (Å²) in [5, 5.41) is 7.88. The molecule has 8 heteroatoms. The van der Waals surface area contributed by atoms with Crippen molar-refractivity contribution in [2.75, 3.05) is 32.1 Å². The average Bonchev–Trinajstić information content (AvgIpc) is 2.67. The Bertz CT molecular complexity index is 954. The lowest BCUT2D eigenvalue weighted by Gasteiger charge is -2.25. The molecule has 28 heavy (non-hydrogen) atoms. The van der Waals surface area contributed by atoms with Crippen LogP contribution in [0, 0.1) is 11.6 Å². The third-order valence-corrected chi connectivity index (χ3v) is 8.25. The van der Waals surface area contributed by atoms with Gasteiger partial charge in [-0.25, -0.2) is 8.78 Å². The van der Waals surface area contributed by atoms with E-state index in [-0.39, 0.29) is 19.2 Å². The van der Waals surface area contributed by atoms with E-state index in [1.165, 1.54) is 18.2 Å². The Labute approximate surface area is 162 Å². The van der Waals surface area contributed by atoms with Crippen LogP contribution in [0.3, 0.4) is 0 Å². The van der Waals surface area contributed by atoms with E-state index in [0.717, 1.165) is 11.1 Å². The zero-order valence-corrected chi connectivity index (χ0v) is 16.3. The number of rotatable bonds is 3. The molecule has 0 saturated carbocycles.